The van der Waals surface area contributed by atoms with Crippen LogP contribution in [-0.4, -0.2) is 15.9 Å². The number of carbonyl (C=O) groups excluding carboxylic acids is 1. The molecule has 0 spiro atoms. The van der Waals surface area contributed by atoms with E-state index >= 15 is 0 Å². The number of hydrogen-bond donors (Lipinski definition) is 3. The Morgan fingerprint density at radius 2 is 1.69 bits per heavy atom. The van der Waals surface area contributed by atoms with Gasteiger partial charge in [0.1, 0.15) is 12.0 Å². The van der Waals surface area contributed by atoms with Crippen LogP contribution in [0.25, 0.3) is 0 Å². The van der Waals surface area contributed by atoms with Crippen LogP contribution in [0.4, 0.5) is 17.3 Å². The van der Waals surface area contributed by atoms with Gasteiger partial charge >= 0.3 is 0 Å². The van der Waals surface area contributed by atoms with Crippen LogP contribution in [0.3, 0.4) is 0 Å². The first-order valence-electron chi connectivity index (χ1n) is 8.04. The number of hydrogen-bond acceptors (Lipinski definition) is 5. The molecule has 5 N–H and O–H groups in total. The third-order valence-electron chi connectivity index (χ3n) is 3.99. The van der Waals surface area contributed by atoms with Crippen LogP contribution in [0.2, 0.25) is 5.02 Å². The van der Waals surface area contributed by atoms with E-state index in [-0.39, 0.29) is 23.2 Å². The van der Waals surface area contributed by atoms with E-state index in [9.17, 15) is 4.79 Å². The lowest BCUT2D eigenvalue weighted by molar-refractivity contribution is 0.102. The molecule has 0 saturated carbocycles. The maximum absolute atomic E-state index is 12.4. The van der Waals surface area contributed by atoms with E-state index in [1.807, 2.05) is 24.3 Å². The fraction of sp³-hybridized carbons (Fsp3) is 0.105. The van der Waals surface area contributed by atoms with E-state index in [0.29, 0.717) is 10.6 Å². The van der Waals surface area contributed by atoms with Gasteiger partial charge in [-0.15, -0.1) is 0 Å². The summed E-state index contributed by atoms with van der Waals surface area (Å²) in [6.07, 6.45) is 2.90. The third-order valence-corrected chi connectivity index (χ3v) is 4.34. The fourth-order valence-corrected chi connectivity index (χ4v) is 2.82. The Morgan fingerprint density at radius 1 is 1.00 bits per heavy atom. The molecule has 3 aromatic rings. The normalized spacial score (nSPS) is 10.5. The first kappa shape index (κ1) is 17.7. The molecule has 1 amide bonds. The molecular weight excluding hydrogens is 350 g/mol. The number of amides is 1. The van der Waals surface area contributed by atoms with Crippen LogP contribution >= 0.6 is 11.6 Å². The second-order valence-corrected chi connectivity index (χ2v) is 6.17. The van der Waals surface area contributed by atoms with Gasteiger partial charge in [-0.2, -0.15) is 0 Å². The van der Waals surface area contributed by atoms with Crippen molar-refractivity contribution in [3.63, 3.8) is 0 Å². The van der Waals surface area contributed by atoms with Crippen LogP contribution < -0.4 is 16.8 Å². The SMILES string of the molecule is Nc1ncnc(N)c1NC(=O)c1ccc(CCc2ccccc2)c(Cl)c1. The topological polar surface area (TPSA) is 107 Å². The molecule has 0 saturated heterocycles. The van der Waals surface area contributed by atoms with Crippen LogP contribution in [0.15, 0.2) is 54.9 Å². The van der Waals surface area contributed by atoms with Crippen LogP contribution in [-0.2, 0) is 12.8 Å². The van der Waals surface area contributed by atoms with Crippen molar-refractivity contribution >= 4 is 34.8 Å². The summed E-state index contributed by atoms with van der Waals surface area (Å²) in [6, 6.07) is 15.4. The van der Waals surface area contributed by atoms with E-state index in [2.05, 4.69) is 27.4 Å². The van der Waals surface area contributed by atoms with Crippen molar-refractivity contribution in [1.82, 2.24) is 9.97 Å². The molecule has 7 heteroatoms. The molecule has 0 aliphatic heterocycles. The first-order valence-corrected chi connectivity index (χ1v) is 8.42. The minimum absolute atomic E-state index is 0.108. The summed E-state index contributed by atoms with van der Waals surface area (Å²) in [4.78, 5) is 20.1. The summed E-state index contributed by atoms with van der Waals surface area (Å²) in [5.41, 5.74) is 14.3. The number of rotatable bonds is 5. The summed E-state index contributed by atoms with van der Waals surface area (Å²) >= 11 is 6.35. The predicted octanol–water partition coefficient (Wildman–Crippen LogP) is 3.33. The first-order chi connectivity index (χ1) is 12.5. The zero-order valence-corrected chi connectivity index (χ0v) is 14.7. The molecule has 3 rings (SSSR count). The Kier molecular flexibility index (Phi) is 5.34. The van der Waals surface area contributed by atoms with Gasteiger partial charge in [0.05, 0.1) is 0 Å². The molecule has 0 fully saturated rings. The Bertz CT molecular complexity index is 910. The quantitative estimate of drug-likeness (QED) is 0.641. The largest absolute Gasteiger partial charge is 0.382 e. The molecule has 0 aliphatic rings. The third kappa shape index (κ3) is 4.10. The van der Waals surface area contributed by atoms with Crippen molar-refractivity contribution in [2.24, 2.45) is 0 Å². The Hall–Kier alpha value is -3.12. The minimum Gasteiger partial charge on any atom is -0.382 e. The highest BCUT2D eigenvalue weighted by atomic mass is 35.5. The molecule has 0 unspecified atom stereocenters. The number of aromatic nitrogens is 2. The van der Waals surface area contributed by atoms with E-state index in [1.165, 1.54) is 11.9 Å². The summed E-state index contributed by atoms with van der Waals surface area (Å²) in [6.45, 7) is 0. The maximum Gasteiger partial charge on any atom is 0.255 e. The number of carbonyl (C=O) groups is 1. The zero-order valence-electron chi connectivity index (χ0n) is 13.9. The van der Waals surface area contributed by atoms with Crippen LogP contribution in [0.1, 0.15) is 21.5 Å². The van der Waals surface area contributed by atoms with Crippen molar-refractivity contribution in [3.05, 3.63) is 76.6 Å². The highest BCUT2D eigenvalue weighted by Gasteiger charge is 2.13. The molecule has 0 radical (unpaired) electrons. The molecular formula is C19H18ClN5O. The number of halogens is 1. The monoisotopic (exact) mass is 367 g/mol. The van der Waals surface area contributed by atoms with E-state index < -0.39 is 0 Å². The van der Waals surface area contributed by atoms with Crippen molar-refractivity contribution in [3.8, 4) is 0 Å². The summed E-state index contributed by atoms with van der Waals surface area (Å²) in [5.74, 6) is -0.164. The second-order valence-electron chi connectivity index (χ2n) is 5.77. The highest BCUT2D eigenvalue weighted by molar-refractivity contribution is 6.31. The van der Waals surface area contributed by atoms with Crippen LogP contribution in [0, 0.1) is 0 Å². The van der Waals surface area contributed by atoms with Crippen molar-refractivity contribution < 1.29 is 4.79 Å². The van der Waals surface area contributed by atoms with Crippen molar-refractivity contribution in [2.75, 3.05) is 16.8 Å². The van der Waals surface area contributed by atoms with E-state index in [0.717, 1.165) is 18.4 Å². The van der Waals surface area contributed by atoms with Gasteiger partial charge in [-0.3, -0.25) is 4.79 Å². The number of benzene rings is 2. The van der Waals surface area contributed by atoms with Gasteiger partial charge in [0.2, 0.25) is 0 Å². The lowest BCUT2D eigenvalue weighted by Crippen LogP contribution is -2.16. The molecule has 0 atom stereocenters. The molecule has 26 heavy (non-hydrogen) atoms. The van der Waals surface area contributed by atoms with Gasteiger partial charge < -0.3 is 16.8 Å². The van der Waals surface area contributed by atoms with Crippen molar-refractivity contribution in [1.29, 1.82) is 0 Å². The smallest absolute Gasteiger partial charge is 0.255 e. The molecule has 1 aromatic heterocycles. The van der Waals surface area contributed by atoms with Crippen LogP contribution in [0.5, 0.6) is 0 Å². The number of anilines is 3. The summed E-state index contributed by atoms with van der Waals surface area (Å²) in [7, 11) is 0. The van der Waals surface area contributed by atoms with E-state index in [1.54, 1.807) is 12.1 Å². The van der Waals surface area contributed by atoms with Gasteiger partial charge in [-0.25, -0.2) is 9.97 Å². The fourth-order valence-electron chi connectivity index (χ4n) is 2.54. The zero-order chi connectivity index (χ0) is 18.5. The average molecular weight is 368 g/mol. The average Bonchev–Trinajstić information content (AvgIpc) is 2.64. The minimum atomic E-state index is -0.380. The second kappa shape index (κ2) is 7.84. The number of nitrogens with zero attached hydrogens (tertiary/aromatic N) is 2. The van der Waals surface area contributed by atoms with Gasteiger partial charge in [0.25, 0.3) is 5.91 Å². The van der Waals surface area contributed by atoms with E-state index in [4.69, 9.17) is 23.1 Å². The molecule has 0 bridgehead atoms. The number of aryl methyl sites for hydroxylation is 2. The number of nitrogen functional groups attached to an aromatic ring is 2. The van der Waals surface area contributed by atoms with Gasteiger partial charge in [0.15, 0.2) is 11.6 Å². The van der Waals surface area contributed by atoms with Gasteiger partial charge in [-0.05, 0) is 36.1 Å². The summed E-state index contributed by atoms with van der Waals surface area (Å²) in [5, 5.41) is 3.17. The highest BCUT2D eigenvalue weighted by Crippen LogP contribution is 2.24. The molecule has 132 valence electrons. The predicted molar refractivity (Wildman–Crippen MR) is 104 cm³/mol. The number of nitrogens with one attached hydrogen (secondary N) is 1. The Morgan fingerprint density at radius 3 is 2.35 bits per heavy atom. The van der Waals surface area contributed by atoms with Crippen molar-refractivity contribution in [2.45, 2.75) is 12.8 Å². The Labute approximate surface area is 156 Å². The lowest BCUT2D eigenvalue weighted by atomic mass is 10.0. The van der Waals surface area contributed by atoms with Gasteiger partial charge in [0, 0.05) is 10.6 Å². The van der Waals surface area contributed by atoms with Gasteiger partial charge in [-0.1, -0.05) is 48.0 Å². The number of nitrogens with two attached hydrogens (primary N) is 2. The molecule has 0 aliphatic carbocycles. The summed E-state index contributed by atoms with van der Waals surface area (Å²) < 4.78 is 0. The molecule has 1 heterocycles. The maximum atomic E-state index is 12.4. The molecule has 6 nitrogen and oxygen atoms in total. The standard InChI is InChI=1S/C19H18ClN5O/c20-15-10-14(19(26)25-16-17(21)23-11-24-18(16)22)9-8-13(15)7-6-12-4-2-1-3-5-12/h1-5,8-11H,6-7H2,(H,25,26)(H4,21,22,23,24). The molecule has 2 aromatic carbocycles. The Balaban J connectivity index is 1.71. The lowest BCUT2D eigenvalue weighted by Gasteiger charge is -2.10.